The van der Waals surface area contributed by atoms with E-state index in [1.165, 1.54) is 25.1 Å². The number of aliphatic hydroxyl groups excluding tert-OH is 2. The van der Waals surface area contributed by atoms with Gasteiger partial charge in [0, 0.05) is 11.5 Å². The molecular weight excluding hydrogens is 520 g/mol. The minimum Gasteiger partial charge on any atom is -0.510 e. The summed E-state index contributed by atoms with van der Waals surface area (Å²) in [5, 5.41) is 45.4. The van der Waals surface area contributed by atoms with Gasteiger partial charge in [0.05, 0.1) is 23.4 Å². The second-order valence-corrected chi connectivity index (χ2v) is 11.5. The van der Waals surface area contributed by atoms with Gasteiger partial charge in [0.25, 0.3) is 5.91 Å². The van der Waals surface area contributed by atoms with E-state index in [1.807, 2.05) is 0 Å². The Bertz CT molecular complexity index is 1370. The molecule has 214 valence electrons. The third-order valence-corrected chi connectivity index (χ3v) is 9.16. The number of fused-ring (bicyclic) bond motifs is 3. The Balaban J connectivity index is 1.79. The molecule has 0 saturated heterocycles. The van der Waals surface area contributed by atoms with E-state index >= 15 is 0 Å². The van der Waals surface area contributed by atoms with Crippen LogP contribution in [0.3, 0.4) is 0 Å². The number of amides is 1. The predicted molar refractivity (Wildman–Crippen MR) is 140 cm³/mol. The molecule has 6 atom stereocenters. The largest absolute Gasteiger partial charge is 0.510 e. The fourth-order valence-corrected chi connectivity index (χ4v) is 7.26. The topological polar surface area (TPSA) is 188 Å². The quantitative estimate of drug-likeness (QED) is 0.271. The van der Waals surface area contributed by atoms with Gasteiger partial charge >= 0.3 is 5.97 Å². The first kappa shape index (κ1) is 27.9. The standard InChI is InChI=1S/C29H34N2O9/c1-12-14-10-7-11-15(32)17(14)22(33)18-16(12)24(40-28(38)13-8-5-4-6-9-13)20-21(31(2)3)23(34)19(27(30)37)26(36)29(20,39)25(18)35/h7,10-13,16,20-21,24,32,34-35,39H,4-6,8-9H2,1-3H3,(H2,30,37). The van der Waals surface area contributed by atoms with Crippen molar-refractivity contribution in [2.75, 3.05) is 14.1 Å². The number of primary amides is 1. The molecule has 1 amide bonds. The number of nitrogens with two attached hydrogens (primary N) is 1. The van der Waals surface area contributed by atoms with Gasteiger partial charge in [0.2, 0.25) is 5.78 Å². The summed E-state index contributed by atoms with van der Waals surface area (Å²) in [6, 6.07) is 3.22. The zero-order valence-electron chi connectivity index (χ0n) is 22.6. The van der Waals surface area contributed by atoms with Crippen molar-refractivity contribution in [1.29, 1.82) is 0 Å². The maximum absolute atomic E-state index is 13.9. The van der Waals surface area contributed by atoms with Gasteiger partial charge in [-0.15, -0.1) is 0 Å². The Morgan fingerprint density at radius 2 is 1.73 bits per heavy atom. The van der Waals surface area contributed by atoms with Gasteiger partial charge in [-0.3, -0.25) is 24.1 Å². The van der Waals surface area contributed by atoms with E-state index in [0.717, 1.165) is 19.3 Å². The highest BCUT2D eigenvalue weighted by molar-refractivity contribution is 6.25. The number of likely N-dealkylation sites (N-methyl/N-ethyl adjacent to an activating group) is 1. The molecule has 4 aliphatic carbocycles. The average molecular weight is 555 g/mol. The molecule has 0 spiro atoms. The number of phenols is 1. The molecule has 0 aliphatic heterocycles. The lowest BCUT2D eigenvalue weighted by Crippen LogP contribution is -2.69. The lowest BCUT2D eigenvalue weighted by Gasteiger charge is -2.54. The van der Waals surface area contributed by atoms with Crippen LogP contribution in [0.25, 0.3) is 0 Å². The number of esters is 1. The zero-order valence-corrected chi connectivity index (χ0v) is 22.6. The van der Waals surface area contributed by atoms with Gasteiger partial charge in [-0.1, -0.05) is 38.3 Å². The molecule has 0 bridgehead atoms. The van der Waals surface area contributed by atoms with Crippen molar-refractivity contribution in [2.24, 2.45) is 23.5 Å². The molecule has 0 heterocycles. The Hall–Kier alpha value is -3.70. The normalized spacial score (nSPS) is 32.5. The van der Waals surface area contributed by atoms with Crippen molar-refractivity contribution in [1.82, 2.24) is 4.90 Å². The lowest BCUT2D eigenvalue weighted by molar-refractivity contribution is -0.184. The van der Waals surface area contributed by atoms with Crippen LogP contribution in [-0.2, 0) is 19.1 Å². The van der Waals surface area contributed by atoms with Crippen molar-refractivity contribution in [2.45, 2.75) is 62.7 Å². The predicted octanol–water partition coefficient (Wildman–Crippen LogP) is 1.78. The van der Waals surface area contributed by atoms with Gasteiger partial charge in [-0.25, -0.2) is 0 Å². The first-order valence-electron chi connectivity index (χ1n) is 13.5. The van der Waals surface area contributed by atoms with E-state index in [4.69, 9.17) is 10.5 Å². The van der Waals surface area contributed by atoms with Gasteiger partial charge in [0.1, 0.15) is 28.9 Å². The summed E-state index contributed by atoms with van der Waals surface area (Å²) in [5.74, 6) is -9.84. The number of hydrogen-bond donors (Lipinski definition) is 5. The Morgan fingerprint density at radius 3 is 2.33 bits per heavy atom. The van der Waals surface area contributed by atoms with Crippen LogP contribution in [0.1, 0.15) is 60.9 Å². The van der Waals surface area contributed by atoms with Gasteiger partial charge in [-0.2, -0.15) is 0 Å². The molecule has 1 fully saturated rings. The number of aliphatic hydroxyl groups is 3. The molecule has 1 aromatic rings. The zero-order chi connectivity index (χ0) is 29.3. The summed E-state index contributed by atoms with van der Waals surface area (Å²) in [7, 11) is 3.05. The number of nitrogens with zero attached hydrogens (tertiary/aromatic N) is 1. The first-order chi connectivity index (χ1) is 18.8. The summed E-state index contributed by atoms with van der Waals surface area (Å²) in [4.78, 5) is 54.9. The van der Waals surface area contributed by atoms with E-state index < -0.39 is 87.5 Å². The lowest BCUT2D eigenvalue weighted by atomic mass is 9.55. The van der Waals surface area contributed by atoms with Crippen molar-refractivity contribution in [3.63, 3.8) is 0 Å². The van der Waals surface area contributed by atoms with Crippen molar-refractivity contribution in [3.05, 3.63) is 52.0 Å². The number of ketones is 2. The van der Waals surface area contributed by atoms with E-state index in [0.29, 0.717) is 18.4 Å². The molecule has 5 rings (SSSR count). The minimum absolute atomic E-state index is 0.104. The van der Waals surface area contributed by atoms with Gasteiger partial charge < -0.3 is 30.9 Å². The Morgan fingerprint density at radius 1 is 1.07 bits per heavy atom. The number of Topliss-reactive ketones (excluding diaryl/α,β-unsaturated/α-hetero) is 2. The fraction of sp³-hybridized carbons (Fsp3) is 0.517. The number of carbonyl (C=O) groups is 4. The maximum Gasteiger partial charge on any atom is 0.309 e. The van der Waals surface area contributed by atoms with Crippen LogP contribution in [-0.4, -0.2) is 80.6 Å². The summed E-state index contributed by atoms with van der Waals surface area (Å²) < 4.78 is 6.13. The summed E-state index contributed by atoms with van der Waals surface area (Å²) in [6.45, 7) is 1.73. The van der Waals surface area contributed by atoms with Crippen LogP contribution < -0.4 is 5.73 Å². The smallest absolute Gasteiger partial charge is 0.309 e. The molecule has 1 aromatic carbocycles. The molecule has 40 heavy (non-hydrogen) atoms. The van der Waals surface area contributed by atoms with E-state index in [1.54, 1.807) is 19.1 Å². The number of hydrogen-bond acceptors (Lipinski definition) is 10. The minimum atomic E-state index is -2.94. The molecule has 6 N–H and O–H groups in total. The average Bonchev–Trinajstić information content (AvgIpc) is 2.90. The molecule has 0 aromatic heterocycles. The van der Waals surface area contributed by atoms with Crippen LogP contribution in [0.2, 0.25) is 0 Å². The third-order valence-electron chi connectivity index (χ3n) is 9.16. The fourth-order valence-electron chi connectivity index (χ4n) is 7.26. The number of aromatic hydroxyl groups is 1. The van der Waals surface area contributed by atoms with Crippen LogP contribution >= 0.6 is 0 Å². The number of benzene rings is 1. The van der Waals surface area contributed by atoms with E-state index in [2.05, 4.69) is 0 Å². The molecule has 4 aliphatic rings. The molecule has 6 unspecified atom stereocenters. The van der Waals surface area contributed by atoms with Crippen LogP contribution in [0, 0.1) is 17.8 Å². The Labute approximate surface area is 230 Å². The molecular formula is C29H34N2O9. The van der Waals surface area contributed by atoms with Crippen LogP contribution in [0.5, 0.6) is 5.75 Å². The van der Waals surface area contributed by atoms with Crippen LogP contribution in [0.15, 0.2) is 40.9 Å². The number of rotatable bonds is 4. The second kappa shape index (κ2) is 9.74. The highest BCUT2D eigenvalue weighted by Crippen LogP contribution is 2.56. The Kier molecular flexibility index (Phi) is 6.78. The number of ether oxygens (including phenoxy) is 1. The summed E-state index contributed by atoms with van der Waals surface area (Å²) >= 11 is 0. The monoisotopic (exact) mass is 554 g/mol. The van der Waals surface area contributed by atoms with Gasteiger partial charge in [0.15, 0.2) is 11.4 Å². The molecule has 11 heteroatoms. The van der Waals surface area contributed by atoms with Crippen molar-refractivity contribution >= 4 is 23.4 Å². The molecule has 11 nitrogen and oxygen atoms in total. The highest BCUT2D eigenvalue weighted by atomic mass is 16.5. The summed E-state index contributed by atoms with van der Waals surface area (Å²) in [6.07, 6.45) is 2.45. The van der Waals surface area contributed by atoms with Gasteiger partial charge in [-0.05, 0) is 44.5 Å². The first-order valence-corrected chi connectivity index (χ1v) is 13.5. The molecule has 0 radical (unpaired) electrons. The maximum atomic E-state index is 13.9. The highest BCUT2D eigenvalue weighted by Gasteiger charge is 2.68. The number of phenolic OH excluding ortho intramolecular Hbond substituents is 1. The van der Waals surface area contributed by atoms with Crippen molar-refractivity contribution in [3.8, 4) is 5.75 Å². The number of carbonyl (C=O) groups excluding carboxylic acids is 4. The van der Waals surface area contributed by atoms with Crippen LogP contribution in [0.4, 0.5) is 0 Å². The second-order valence-electron chi connectivity index (χ2n) is 11.5. The summed E-state index contributed by atoms with van der Waals surface area (Å²) in [5.41, 5.74) is 1.52. The van der Waals surface area contributed by atoms with Crippen molar-refractivity contribution < 1.29 is 44.3 Å². The molecule has 1 saturated carbocycles. The third kappa shape index (κ3) is 3.78. The van der Waals surface area contributed by atoms with E-state index in [9.17, 15) is 39.6 Å². The SMILES string of the molecule is CC1c2cccc(O)c2C(=O)C2=C(O)C3(O)C(=O)C(C(N)=O)=C(O)C(N(C)C)C3C(OC(=O)C3CCCCC3)C21. The van der Waals surface area contributed by atoms with E-state index in [-0.39, 0.29) is 11.3 Å².